The zero-order valence-electron chi connectivity index (χ0n) is 14.8. The Kier molecular flexibility index (Phi) is 5.31. The summed E-state index contributed by atoms with van der Waals surface area (Å²) in [5.74, 6) is 0.222. The molecule has 1 aliphatic rings. The number of likely N-dealkylation sites (tertiary alicyclic amines) is 1. The first kappa shape index (κ1) is 17.4. The molecule has 0 saturated carbocycles. The van der Waals surface area contributed by atoms with Crippen molar-refractivity contribution < 1.29 is 9.18 Å². The lowest BCUT2D eigenvalue weighted by atomic mass is 9.93. The number of benzene rings is 1. The minimum Gasteiger partial charge on any atom is -0.355 e. The van der Waals surface area contributed by atoms with Gasteiger partial charge in [0.25, 0.3) is 0 Å². The number of amides is 1. The first-order chi connectivity index (χ1) is 12.0. The highest BCUT2D eigenvalue weighted by atomic mass is 19.1. The molecule has 3 rings (SSSR count). The van der Waals surface area contributed by atoms with E-state index in [1.165, 1.54) is 12.1 Å². The topological polar surface area (TPSA) is 45.2 Å². The fourth-order valence-electron chi connectivity index (χ4n) is 3.34. The van der Waals surface area contributed by atoms with Gasteiger partial charge < -0.3 is 10.2 Å². The first-order valence-electron chi connectivity index (χ1n) is 8.84. The number of carbonyl (C=O) groups is 1. The third-order valence-corrected chi connectivity index (χ3v) is 4.60. The van der Waals surface area contributed by atoms with Gasteiger partial charge in [0.1, 0.15) is 5.82 Å². The van der Waals surface area contributed by atoms with Gasteiger partial charge in [0.05, 0.1) is 0 Å². The van der Waals surface area contributed by atoms with Gasteiger partial charge in [-0.25, -0.2) is 4.39 Å². The van der Waals surface area contributed by atoms with Crippen LogP contribution in [0.15, 0.2) is 36.4 Å². The zero-order valence-corrected chi connectivity index (χ0v) is 14.8. The summed E-state index contributed by atoms with van der Waals surface area (Å²) < 4.78 is 13.1. The zero-order chi connectivity index (χ0) is 17.8. The first-order valence-corrected chi connectivity index (χ1v) is 8.84. The van der Waals surface area contributed by atoms with E-state index < -0.39 is 0 Å². The van der Waals surface area contributed by atoms with Crippen molar-refractivity contribution in [3.8, 4) is 0 Å². The minimum absolute atomic E-state index is 0.210. The highest BCUT2D eigenvalue weighted by Crippen LogP contribution is 2.29. The fraction of sp³-hybridized carbons (Fsp3) is 0.400. The molecule has 25 heavy (non-hydrogen) atoms. The van der Waals surface area contributed by atoms with Crippen LogP contribution >= 0.6 is 0 Å². The maximum Gasteiger partial charge on any atom is 0.222 e. The van der Waals surface area contributed by atoms with Crippen molar-refractivity contribution in [3.05, 3.63) is 53.6 Å². The van der Waals surface area contributed by atoms with Crippen LogP contribution in [0.5, 0.6) is 0 Å². The molecule has 1 N–H and O–H groups in total. The molecule has 1 amide bonds. The number of anilines is 2. The second kappa shape index (κ2) is 7.64. The molecule has 0 bridgehead atoms. The summed E-state index contributed by atoms with van der Waals surface area (Å²) in [6.45, 7) is 5.45. The predicted molar refractivity (Wildman–Crippen MR) is 97.5 cm³/mol. The number of rotatable bonds is 4. The van der Waals surface area contributed by atoms with E-state index >= 15 is 0 Å². The number of halogens is 1. The van der Waals surface area contributed by atoms with Gasteiger partial charge in [-0.15, -0.1) is 0 Å². The molecule has 132 valence electrons. The van der Waals surface area contributed by atoms with Gasteiger partial charge in [-0.3, -0.25) is 9.78 Å². The summed E-state index contributed by atoms with van der Waals surface area (Å²) in [7, 11) is 0. The largest absolute Gasteiger partial charge is 0.355 e. The summed E-state index contributed by atoms with van der Waals surface area (Å²) in [5, 5.41) is 3.31. The van der Waals surface area contributed by atoms with E-state index in [0.29, 0.717) is 6.42 Å². The highest BCUT2D eigenvalue weighted by Gasteiger charge is 2.25. The summed E-state index contributed by atoms with van der Waals surface area (Å²) >= 11 is 0. The number of hydrogen-bond donors (Lipinski definition) is 1. The van der Waals surface area contributed by atoms with Gasteiger partial charge in [-0.2, -0.15) is 0 Å². The lowest BCUT2D eigenvalue weighted by molar-refractivity contribution is -0.132. The highest BCUT2D eigenvalue weighted by molar-refractivity contribution is 5.76. The van der Waals surface area contributed by atoms with Crippen LogP contribution in [-0.2, 0) is 4.79 Å². The number of pyridine rings is 1. The van der Waals surface area contributed by atoms with E-state index in [9.17, 15) is 9.18 Å². The van der Waals surface area contributed by atoms with Crippen LogP contribution in [0.4, 0.5) is 15.8 Å². The van der Waals surface area contributed by atoms with Gasteiger partial charge in [0.15, 0.2) is 0 Å². The smallest absolute Gasteiger partial charge is 0.222 e. The summed E-state index contributed by atoms with van der Waals surface area (Å²) in [5.41, 5.74) is 3.72. The molecular formula is C20H24FN3O. The third-order valence-electron chi connectivity index (χ3n) is 4.60. The van der Waals surface area contributed by atoms with E-state index in [1.54, 1.807) is 12.1 Å². The van der Waals surface area contributed by atoms with Gasteiger partial charge in [0, 0.05) is 48.2 Å². The second-order valence-corrected chi connectivity index (χ2v) is 6.59. The molecule has 1 saturated heterocycles. The van der Waals surface area contributed by atoms with Gasteiger partial charge in [0.2, 0.25) is 5.91 Å². The Hall–Kier alpha value is -2.43. The molecule has 1 aliphatic heterocycles. The van der Waals surface area contributed by atoms with Crippen LogP contribution in [-0.4, -0.2) is 28.9 Å². The Labute approximate surface area is 148 Å². The number of aryl methyl sites for hydroxylation is 1. The Morgan fingerprint density at radius 3 is 2.76 bits per heavy atom. The average molecular weight is 341 g/mol. The normalized spacial score (nSPS) is 17.4. The van der Waals surface area contributed by atoms with Crippen LogP contribution < -0.4 is 5.32 Å². The van der Waals surface area contributed by atoms with Crippen molar-refractivity contribution in [2.45, 2.75) is 39.0 Å². The molecule has 2 heterocycles. The average Bonchev–Trinajstić information content (AvgIpc) is 2.62. The molecule has 1 aromatic heterocycles. The Morgan fingerprint density at radius 1 is 1.28 bits per heavy atom. The molecular weight excluding hydrogens is 317 g/mol. The minimum atomic E-state index is -0.250. The van der Waals surface area contributed by atoms with Crippen LogP contribution in [0.1, 0.15) is 43.5 Å². The molecule has 4 nitrogen and oxygen atoms in total. The molecule has 1 atom stereocenters. The fourth-order valence-corrected chi connectivity index (χ4v) is 3.34. The Morgan fingerprint density at radius 2 is 2.04 bits per heavy atom. The lowest BCUT2D eigenvalue weighted by Crippen LogP contribution is -2.38. The van der Waals surface area contributed by atoms with E-state index in [0.717, 1.165) is 48.7 Å². The standard InChI is InChI=1S/C20H24FN3O/c1-3-20(25)24-10-4-5-15(13-24)19-12-18(11-14(2)22-19)23-17-8-6-16(21)7-9-17/h6-9,11-12,15H,3-5,10,13H2,1-2H3,(H,22,23). The molecule has 0 aliphatic carbocycles. The second-order valence-electron chi connectivity index (χ2n) is 6.59. The summed E-state index contributed by atoms with van der Waals surface area (Å²) in [6.07, 6.45) is 2.60. The van der Waals surface area contributed by atoms with E-state index in [1.807, 2.05) is 30.9 Å². The van der Waals surface area contributed by atoms with Gasteiger partial charge in [-0.05, 0) is 56.2 Å². The maximum absolute atomic E-state index is 13.1. The SMILES string of the molecule is CCC(=O)N1CCCC(c2cc(Nc3ccc(F)cc3)cc(C)n2)C1. The monoisotopic (exact) mass is 341 g/mol. The number of nitrogens with one attached hydrogen (secondary N) is 1. The third kappa shape index (κ3) is 4.35. The summed E-state index contributed by atoms with van der Waals surface area (Å²) in [6, 6.07) is 10.3. The van der Waals surface area contributed by atoms with Crippen LogP contribution in [0.2, 0.25) is 0 Å². The quantitative estimate of drug-likeness (QED) is 0.897. The Bertz CT molecular complexity index is 745. The van der Waals surface area contributed by atoms with Crippen molar-refractivity contribution >= 4 is 17.3 Å². The molecule has 0 spiro atoms. The van der Waals surface area contributed by atoms with Crippen LogP contribution in [0.3, 0.4) is 0 Å². The van der Waals surface area contributed by atoms with Crippen molar-refractivity contribution in [2.75, 3.05) is 18.4 Å². The van der Waals surface area contributed by atoms with E-state index in [-0.39, 0.29) is 17.6 Å². The molecule has 1 fully saturated rings. The molecule has 5 heteroatoms. The van der Waals surface area contributed by atoms with Crippen molar-refractivity contribution in [2.24, 2.45) is 0 Å². The van der Waals surface area contributed by atoms with E-state index in [2.05, 4.69) is 5.32 Å². The van der Waals surface area contributed by atoms with Crippen molar-refractivity contribution in [1.29, 1.82) is 0 Å². The summed E-state index contributed by atoms with van der Waals surface area (Å²) in [4.78, 5) is 18.7. The lowest BCUT2D eigenvalue weighted by Gasteiger charge is -2.32. The van der Waals surface area contributed by atoms with Crippen molar-refractivity contribution in [3.63, 3.8) is 0 Å². The number of carbonyl (C=O) groups excluding carboxylic acids is 1. The maximum atomic E-state index is 13.1. The van der Waals surface area contributed by atoms with E-state index in [4.69, 9.17) is 4.98 Å². The van der Waals surface area contributed by atoms with Gasteiger partial charge in [-0.1, -0.05) is 6.92 Å². The number of piperidine rings is 1. The number of aromatic nitrogens is 1. The molecule has 1 unspecified atom stereocenters. The molecule has 0 radical (unpaired) electrons. The predicted octanol–water partition coefficient (Wildman–Crippen LogP) is 4.39. The van der Waals surface area contributed by atoms with Crippen LogP contribution in [0.25, 0.3) is 0 Å². The van der Waals surface area contributed by atoms with Gasteiger partial charge >= 0.3 is 0 Å². The van der Waals surface area contributed by atoms with Crippen molar-refractivity contribution in [1.82, 2.24) is 9.88 Å². The number of hydrogen-bond acceptors (Lipinski definition) is 3. The van der Waals surface area contributed by atoms with Crippen LogP contribution in [0, 0.1) is 12.7 Å². The number of nitrogens with zero attached hydrogens (tertiary/aromatic N) is 2. The molecule has 1 aromatic carbocycles. The molecule has 2 aromatic rings. The Balaban J connectivity index is 1.79.